The van der Waals surface area contributed by atoms with Crippen molar-refractivity contribution in [1.29, 1.82) is 0 Å². The predicted molar refractivity (Wildman–Crippen MR) is 134 cm³/mol. The van der Waals surface area contributed by atoms with E-state index in [1.54, 1.807) is 7.05 Å². The maximum atomic E-state index is 13.2. The predicted octanol–water partition coefficient (Wildman–Crippen LogP) is 0.0538. The van der Waals surface area contributed by atoms with Gasteiger partial charge in [0.05, 0.1) is 0 Å². The number of hydrogen-bond acceptors (Lipinski definition) is 12. The second-order valence-corrected chi connectivity index (χ2v) is 10.3. The number of nitrogens with zero attached hydrogens (tertiary/aromatic N) is 5. The summed E-state index contributed by atoms with van der Waals surface area (Å²) in [6.07, 6.45) is -5.08. The van der Waals surface area contributed by atoms with Crippen molar-refractivity contribution in [3.05, 3.63) is 41.1 Å². The fraction of sp³-hybridized carbons (Fsp3) is 0.381. The van der Waals surface area contributed by atoms with Gasteiger partial charge in [0.2, 0.25) is 11.1 Å². The van der Waals surface area contributed by atoms with Gasteiger partial charge in [-0.15, -0.1) is 16.9 Å². The lowest BCUT2D eigenvalue weighted by Crippen LogP contribution is -2.81. The van der Waals surface area contributed by atoms with Crippen LogP contribution in [-0.4, -0.2) is 100 Å². The SMILES string of the molecule is CO[C@@]1(NC(=O)C(N)c2ccc(O)cc2)C(=O)N2C(C(=O)O)=C(CSc3nnnn3C)CS[C@@H]21.O=C(O)C(F)(F)F. The number of aliphatic carboxylic acids is 2. The minimum atomic E-state index is -5.08. The molecule has 0 aliphatic carbocycles. The van der Waals surface area contributed by atoms with E-state index in [-0.39, 0.29) is 17.2 Å². The highest BCUT2D eigenvalue weighted by atomic mass is 32.2. The normalized spacial score (nSPS) is 20.8. The number of halogens is 3. The number of rotatable bonds is 8. The number of phenols is 1. The molecular formula is C21H22F3N7O8S2. The van der Waals surface area contributed by atoms with Gasteiger partial charge in [-0.2, -0.15) is 13.2 Å². The Hall–Kier alpha value is -3.88. The number of amides is 2. The third-order valence-electron chi connectivity index (χ3n) is 5.68. The molecule has 0 spiro atoms. The third kappa shape index (κ3) is 6.55. The number of alkyl halides is 3. The molecule has 0 saturated carbocycles. The molecule has 2 aliphatic rings. The Balaban J connectivity index is 0.000000587. The number of aromatic hydroxyl groups is 1. The molecule has 6 N–H and O–H groups in total. The summed E-state index contributed by atoms with van der Waals surface area (Å²) >= 11 is 2.52. The standard InChI is InChI=1S/C19H21N7O6S2.C2HF3O2/c1-25-18(22-23-24-25)34-8-10-7-33-17-19(32-2,16(31)26(17)13(10)15(29)30)21-14(28)12(20)9-3-5-11(27)6-4-9;3-2(4,5)1(6)7/h3-6,12,17,27H,7-8,20H2,1-2H3,(H,21,28)(H,29,30);(H,6,7)/t12?,17-,19+;/m1./s1. The summed E-state index contributed by atoms with van der Waals surface area (Å²) < 4.78 is 38.6. The number of hydrogen-bond donors (Lipinski definition) is 5. The van der Waals surface area contributed by atoms with Crippen LogP contribution in [0.2, 0.25) is 0 Å². The molecule has 0 bridgehead atoms. The number of carbonyl (C=O) groups excluding carboxylic acids is 2. The van der Waals surface area contributed by atoms with Crippen LogP contribution in [0.3, 0.4) is 0 Å². The molecule has 20 heteroatoms. The van der Waals surface area contributed by atoms with E-state index in [2.05, 4.69) is 20.8 Å². The summed E-state index contributed by atoms with van der Waals surface area (Å²) in [6.45, 7) is 0. The van der Waals surface area contributed by atoms with Crippen LogP contribution in [0.15, 0.2) is 40.7 Å². The van der Waals surface area contributed by atoms with Gasteiger partial charge in [0.25, 0.3) is 11.6 Å². The van der Waals surface area contributed by atoms with E-state index >= 15 is 0 Å². The smallest absolute Gasteiger partial charge is 0.490 e. The minimum absolute atomic E-state index is 0.0190. The number of nitrogens with two attached hydrogens (primary N) is 1. The number of carbonyl (C=O) groups is 4. The second kappa shape index (κ2) is 12.3. The number of carboxylic acid groups (broad SMARTS) is 2. The van der Waals surface area contributed by atoms with Crippen molar-refractivity contribution in [2.45, 2.75) is 28.5 Å². The molecule has 1 unspecified atom stereocenters. The monoisotopic (exact) mass is 621 g/mol. The van der Waals surface area contributed by atoms with Gasteiger partial charge in [-0.25, -0.2) is 14.3 Å². The quantitative estimate of drug-likeness (QED) is 0.149. The fourth-order valence-electron chi connectivity index (χ4n) is 3.64. The van der Waals surface area contributed by atoms with Crippen LogP contribution in [0.1, 0.15) is 11.6 Å². The lowest BCUT2D eigenvalue weighted by molar-refractivity contribution is -0.192. The maximum absolute atomic E-state index is 13.2. The summed E-state index contributed by atoms with van der Waals surface area (Å²) in [5.74, 6) is -4.84. The Morgan fingerprint density at radius 2 is 1.90 bits per heavy atom. The Labute approximate surface area is 236 Å². The molecule has 1 aromatic carbocycles. The molecule has 3 atom stereocenters. The maximum Gasteiger partial charge on any atom is 0.490 e. The van der Waals surface area contributed by atoms with E-state index in [0.29, 0.717) is 22.0 Å². The number of benzene rings is 1. The van der Waals surface area contributed by atoms with Gasteiger partial charge in [0.15, 0.2) is 0 Å². The van der Waals surface area contributed by atoms with Crippen LogP contribution in [0.25, 0.3) is 0 Å². The van der Waals surface area contributed by atoms with Crippen LogP contribution in [0.4, 0.5) is 13.2 Å². The zero-order chi connectivity index (χ0) is 30.7. The highest BCUT2D eigenvalue weighted by molar-refractivity contribution is 8.01. The number of carboxylic acids is 2. The number of methoxy groups -OCH3 is 1. The van der Waals surface area contributed by atoms with Gasteiger partial charge >= 0.3 is 18.1 Å². The summed E-state index contributed by atoms with van der Waals surface area (Å²) in [7, 11) is 2.93. The van der Waals surface area contributed by atoms with Crippen LogP contribution >= 0.6 is 23.5 Å². The number of ether oxygens (including phenoxy) is 1. The Kier molecular flexibility index (Phi) is 9.51. The zero-order valence-corrected chi connectivity index (χ0v) is 22.7. The molecule has 1 aromatic heterocycles. The zero-order valence-electron chi connectivity index (χ0n) is 21.0. The second-order valence-electron chi connectivity index (χ2n) is 8.27. The van der Waals surface area contributed by atoms with Gasteiger partial charge in [0, 0.05) is 25.7 Å². The van der Waals surface area contributed by atoms with Crippen molar-refractivity contribution in [2.24, 2.45) is 12.8 Å². The van der Waals surface area contributed by atoms with Gasteiger partial charge in [-0.05, 0) is 33.7 Å². The summed E-state index contributed by atoms with van der Waals surface area (Å²) in [5, 5.41) is 39.8. The van der Waals surface area contributed by atoms with Crippen LogP contribution < -0.4 is 11.1 Å². The number of nitrogens with one attached hydrogen (secondary N) is 1. The molecule has 222 valence electrons. The first-order valence-electron chi connectivity index (χ1n) is 11.1. The van der Waals surface area contributed by atoms with E-state index < -0.39 is 47.1 Å². The van der Waals surface area contributed by atoms with E-state index in [4.69, 9.17) is 20.4 Å². The number of phenolic OH excluding ortho intramolecular Hbond substituents is 1. The summed E-state index contributed by atoms with van der Waals surface area (Å²) in [4.78, 5) is 48.1. The minimum Gasteiger partial charge on any atom is -0.508 e. The molecule has 3 heterocycles. The Morgan fingerprint density at radius 1 is 1.29 bits per heavy atom. The van der Waals surface area contributed by atoms with Crippen molar-refractivity contribution in [2.75, 3.05) is 18.6 Å². The number of β-lactam (4-membered cyclic amide) rings is 1. The topological polar surface area (TPSA) is 223 Å². The van der Waals surface area contributed by atoms with E-state index in [1.165, 1.54) is 59.6 Å². The number of aromatic nitrogens is 4. The molecular weight excluding hydrogens is 599 g/mol. The van der Waals surface area contributed by atoms with Crippen molar-refractivity contribution >= 4 is 47.3 Å². The average Bonchev–Trinajstić information content (AvgIpc) is 3.33. The van der Waals surface area contributed by atoms with Crippen molar-refractivity contribution < 1.29 is 52.4 Å². The molecule has 4 rings (SSSR count). The largest absolute Gasteiger partial charge is 0.508 e. The van der Waals surface area contributed by atoms with E-state index in [0.717, 1.165) is 4.90 Å². The van der Waals surface area contributed by atoms with Crippen molar-refractivity contribution in [3.63, 3.8) is 0 Å². The summed E-state index contributed by atoms with van der Waals surface area (Å²) in [6, 6.07) is 4.63. The Bertz CT molecular complexity index is 1370. The molecule has 2 aromatic rings. The average molecular weight is 622 g/mol. The first kappa shape index (κ1) is 31.6. The van der Waals surface area contributed by atoms with E-state index in [1.807, 2.05) is 0 Å². The highest BCUT2D eigenvalue weighted by Gasteiger charge is 2.66. The lowest BCUT2D eigenvalue weighted by atomic mass is 9.97. The molecule has 1 fully saturated rings. The molecule has 1 saturated heterocycles. The van der Waals surface area contributed by atoms with Crippen molar-refractivity contribution in [3.8, 4) is 5.75 Å². The van der Waals surface area contributed by atoms with Gasteiger partial charge in [-0.3, -0.25) is 14.5 Å². The third-order valence-corrected chi connectivity index (χ3v) is 8.15. The molecule has 41 heavy (non-hydrogen) atoms. The number of tetrazole rings is 1. The Morgan fingerprint density at radius 3 is 2.39 bits per heavy atom. The fourth-order valence-corrected chi connectivity index (χ4v) is 6.07. The molecule has 15 nitrogen and oxygen atoms in total. The first-order valence-corrected chi connectivity index (χ1v) is 13.1. The van der Waals surface area contributed by atoms with Gasteiger partial charge in [0.1, 0.15) is 22.9 Å². The van der Waals surface area contributed by atoms with Crippen LogP contribution in [0.5, 0.6) is 5.75 Å². The number of aryl methyl sites for hydroxylation is 1. The first-order chi connectivity index (χ1) is 19.1. The van der Waals surface area contributed by atoms with E-state index in [9.17, 15) is 37.8 Å². The van der Waals surface area contributed by atoms with Crippen molar-refractivity contribution in [1.82, 2.24) is 30.4 Å². The van der Waals surface area contributed by atoms with Gasteiger partial charge in [-0.1, -0.05) is 23.9 Å². The van der Waals surface area contributed by atoms with Crippen LogP contribution in [-0.2, 0) is 31.0 Å². The number of fused-ring (bicyclic) bond motifs is 1. The molecule has 0 radical (unpaired) electrons. The molecule has 2 amide bonds. The summed E-state index contributed by atoms with van der Waals surface area (Å²) in [5.41, 5.74) is 5.06. The van der Waals surface area contributed by atoms with Gasteiger partial charge < -0.3 is 31.1 Å². The highest BCUT2D eigenvalue weighted by Crippen LogP contribution is 2.47. The van der Waals surface area contributed by atoms with Crippen LogP contribution in [0, 0.1) is 0 Å². The molecule has 2 aliphatic heterocycles. The lowest BCUT2D eigenvalue weighted by Gasteiger charge is -2.56. The number of thioether (sulfide) groups is 2.